The molecule has 5 heteroatoms. The quantitative estimate of drug-likeness (QED) is 0.714. The predicted molar refractivity (Wildman–Crippen MR) is 80.9 cm³/mol. The van der Waals surface area contributed by atoms with Crippen molar-refractivity contribution >= 4 is 38.7 Å². The third-order valence-corrected chi connectivity index (χ3v) is 4.09. The molecule has 4 nitrogen and oxygen atoms in total. The lowest BCUT2D eigenvalue weighted by Gasteiger charge is -2.06. The van der Waals surface area contributed by atoms with Gasteiger partial charge in [0.05, 0.1) is 5.39 Å². The summed E-state index contributed by atoms with van der Waals surface area (Å²) in [6, 6.07) is 9.77. The van der Waals surface area contributed by atoms with E-state index < -0.39 is 0 Å². The zero-order chi connectivity index (χ0) is 13.2. The first-order valence-electron chi connectivity index (χ1n) is 6.12. The van der Waals surface area contributed by atoms with Gasteiger partial charge in [-0.05, 0) is 36.8 Å². The summed E-state index contributed by atoms with van der Waals surface area (Å²) < 4.78 is 0. The lowest BCUT2D eigenvalue weighted by Crippen LogP contribution is -1.95. The highest BCUT2D eigenvalue weighted by Crippen LogP contribution is 2.30. The lowest BCUT2D eigenvalue weighted by molar-refractivity contribution is 1.19. The van der Waals surface area contributed by atoms with E-state index in [1.807, 2.05) is 24.3 Å². The summed E-state index contributed by atoms with van der Waals surface area (Å²) in [5.74, 6) is 0.839. The molecule has 2 aromatic heterocycles. The molecule has 0 aliphatic carbocycles. The molecule has 0 fully saturated rings. The number of hydrogen-bond donors (Lipinski definition) is 2. The van der Waals surface area contributed by atoms with Crippen molar-refractivity contribution in [3.05, 3.63) is 41.5 Å². The van der Waals surface area contributed by atoms with Gasteiger partial charge in [-0.3, -0.25) is 0 Å². The first-order chi connectivity index (χ1) is 9.26. The molecule has 1 aromatic carbocycles. The first-order valence-corrected chi connectivity index (χ1v) is 6.94. The number of nitrogen functional groups attached to an aromatic ring is 1. The van der Waals surface area contributed by atoms with Gasteiger partial charge in [-0.15, -0.1) is 11.3 Å². The summed E-state index contributed by atoms with van der Waals surface area (Å²) in [5.41, 5.74) is 7.40. The lowest BCUT2D eigenvalue weighted by atomic mass is 10.2. The van der Waals surface area contributed by atoms with E-state index in [0.29, 0.717) is 0 Å². The van der Waals surface area contributed by atoms with Gasteiger partial charge in [-0.2, -0.15) is 0 Å². The standard InChI is InChI=1S/C14H14N4S/c1-2-11-7-12-13(16-8-17-14(12)19-11)18-10-5-3-9(15)4-6-10/h3-8H,2,15H2,1H3,(H,16,17,18). The van der Waals surface area contributed by atoms with Crippen LogP contribution in [0.3, 0.4) is 0 Å². The molecule has 0 saturated carbocycles. The molecule has 96 valence electrons. The number of rotatable bonds is 3. The van der Waals surface area contributed by atoms with Crippen LogP contribution in [0, 0.1) is 0 Å². The maximum Gasteiger partial charge on any atom is 0.142 e. The van der Waals surface area contributed by atoms with Crippen LogP contribution in [0.5, 0.6) is 0 Å². The molecule has 0 unspecified atom stereocenters. The van der Waals surface area contributed by atoms with E-state index in [2.05, 4.69) is 28.3 Å². The number of thiophene rings is 1. The van der Waals surface area contributed by atoms with E-state index >= 15 is 0 Å². The average Bonchev–Trinajstić information content (AvgIpc) is 2.85. The Morgan fingerprint density at radius 2 is 2.00 bits per heavy atom. The second-order valence-corrected chi connectivity index (χ2v) is 5.37. The second kappa shape index (κ2) is 4.85. The smallest absolute Gasteiger partial charge is 0.142 e. The Hall–Kier alpha value is -2.14. The van der Waals surface area contributed by atoms with Crippen LogP contribution in [-0.2, 0) is 6.42 Å². The van der Waals surface area contributed by atoms with Gasteiger partial charge in [-0.25, -0.2) is 9.97 Å². The van der Waals surface area contributed by atoms with Crippen molar-refractivity contribution in [1.29, 1.82) is 0 Å². The van der Waals surface area contributed by atoms with E-state index in [9.17, 15) is 0 Å². The number of aromatic nitrogens is 2. The number of fused-ring (bicyclic) bond motifs is 1. The summed E-state index contributed by atoms with van der Waals surface area (Å²) in [7, 11) is 0. The van der Waals surface area contributed by atoms with Crippen molar-refractivity contribution in [2.45, 2.75) is 13.3 Å². The van der Waals surface area contributed by atoms with Crippen LogP contribution in [0.1, 0.15) is 11.8 Å². The largest absolute Gasteiger partial charge is 0.399 e. The zero-order valence-corrected chi connectivity index (χ0v) is 11.4. The maximum absolute atomic E-state index is 5.68. The molecule has 3 aromatic rings. The van der Waals surface area contributed by atoms with E-state index in [-0.39, 0.29) is 0 Å². The third-order valence-electron chi connectivity index (χ3n) is 2.90. The number of anilines is 3. The molecular formula is C14H14N4S. The average molecular weight is 270 g/mol. The summed E-state index contributed by atoms with van der Waals surface area (Å²) in [6.07, 6.45) is 2.61. The van der Waals surface area contributed by atoms with Crippen LogP contribution in [0.2, 0.25) is 0 Å². The van der Waals surface area contributed by atoms with E-state index in [4.69, 9.17) is 5.73 Å². The Labute approximate surface area is 115 Å². The Balaban J connectivity index is 2.00. The number of nitrogens with one attached hydrogen (secondary N) is 1. The van der Waals surface area contributed by atoms with Crippen LogP contribution >= 0.6 is 11.3 Å². The molecule has 3 N–H and O–H groups in total. The van der Waals surface area contributed by atoms with E-state index in [0.717, 1.165) is 33.8 Å². The van der Waals surface area contributed by atoms with Gasteiger partial charge in [0.1, 0.15) is 17.0 Å². The van der Waals surface area contributed by atoms with Gasteiger partial charge >= 0.3 is 0 Å². The van der Waals surface area contributed by atoms with E-state index in [1.165, 1.54) is 4.88 Å². The van der Waals surface area contributed by atoms with Gasteiger partial charge in [0.25, 0.3) is 0 Å². The van der Waals surface area contributed by atoms with Crippen molar-refractivity contribution in [3.8, 4) is 0 Å². The van der Waals surface area contributed by atoms with Crippen LogP contribution in [-0.4, -0.2) is 9.97 Å². The van der Waals surface area contributed by atoms with Gasteiger partial charge in [-0.1, -0.05) is 6.92 Å². The Kier molecular flexibility index (Phi) is 3.05. The SMILES string of the molecule is CCc1cc2c(Nc3ccc(N)cc3)ncnc2s1. The summed E-state index contributed by atoms with van der Waals surface area (Å²) in [5, 5.41) is 4.38. The molecule has 0 aliphatic rings. The van der Waals surface area contributed by atoms with Crippen molar-refractivity contribution in [1.82, 2.24) is 9.97 Å². The van der Waals surface area contributed by atoms with Gasteiger partial charge in [0, 0.05) is 16.3 Å². The highest BCUT2D eigenvalue weighted by molar-refractivity contribution is 7.18. The van der Waals surface area contributed by atoms with Crippen LogP contribution in [0.4, 0.5) is 17.2 Å². The summed E-state index contributed by atoms with van der Waals surface area (Å²) in [6.45, 7) is 2.14. The monoisotopic (exact) mass is 270 g/mol. The van der Waals surface area contributed by atoms with Crippen molar-refractivity contribution in [2.75, 3.05) is 11.1 Å². The molecule has 19 heavy (non-hydrogen) atoms. The molecule has 3 rings (SSSR count). The van der Waals surface area contributed by atoms with Crippen LogP contribution in [0.25, 0.3) is 10.2 Å². The highest BCUT2D eigenvalue weighted by Gasteiger charge is 2.08. The van der Waals surface area contributed by atoms with Gasteiger partial charge in [0.15, 0.2) is 0 Å². The maximum atomic E-state index is 5.68. The van der Waals surface area contributed by atoms with Gasteiger partial charge < -0.3 is 11.1 Å². The Bertz CT molecular complexity index is 703. The third kappa shape index (κ3) is 2.37. The minimum Gasteiger partial charge on any atom is -0.399 e. The molecular weight excluding hydrogens is 256 g/mol. The molecule has 0 amide bonds. The van der Waals surface area contributed by atoms with Crippen LogP contribution < -0.4 is 11.1 Å². The highest BCUT2D eigenvalue weighted by atomic mass is 32.1. The minimum atomic E-state index is 0.752. The van der Waals surface area contributed by atoms with Crippen molar-refractivity contribution in [2.24, 2.45) is 0 Å². The normalized spacial score (nSPS) is 10.8. The number of hydrogen-bond acceptors (Lipinski definition) is 5. The number of nitrogens with zero attached hydrogens (tertiary/aromatic N) is 2. The van der Waals surface area contributed by atoms with Gasteiger partial charge in [0.2, 0.25) is 0 Å². The second-order valence-electron chi connectivity index (χ2n) is 4.25. The fraction of sp³-hybridized carbons (Fsp3) is 0.143. The molecule has 0 aliphatic heterocycles. The number of aryl methyl sites for hydroxylation is 1. The minimum absolute atomic E-state index is 0.752. The fourth-order valence-corrected chi connectivity index (χ4v) is 2.82. The zero-order valence-electron chi connectivity index (χ0n) is 10.6. The molecule has 0 atom stereocenters. The predicted octanol–water partition coefficient (Wildman–Crippen LogP) is 3.58. The fourth-order valence-electron chi connectivity index (χ4n) is 1.88. The van der Waals surface area contributed by atoms with Crippen LogP contribution in [0.15, 0.2) is 36.7 Å². The van der Waals surface area contributed by atoms with Crippen molar-refractivity contribution in [3.63, 3.8) is 0 Å². The molecule has 0 radical (unpaired) electrons. The molecule has 0 bridgehead atoms. The van der Waals surface area contributed by atoms with Crippen molar-refractivity contribution < 1.29 is 0 Å². The Morgan fingerprint density at radius 3 is 2.74 bits per heavy atom. The summed E-state index contributed by atoms with van der Waals surface area (Å²) >= 11 is 1.71. The number of benzene rings is 1. The molecule has 2 heterocycles. The molecule has 0 spiro atoms. The Morgan fingerprint density at radius 1 is 1.21 bits per heavy atom. The first kappa shape index (κ1) is 11.9. The topological polar surface area (TPSA) is 63.8 Å². The molecule has 0 saturated heterocycles. The van der Waals surface area contributed by atoms with E-state index in [1.54, 1.807) is 17.7 Å². The number of nitrogens with two attached hydrogens (primary N) is 1. The summed E-state index contributed by atoms with van der Waals surface area (Å²) in [4.78, 5) is 11.0.